The molecule has 0 saturated carbocycles. The molecule has 31 heavy (non-hydrogen) atoms. The van der Waals surface area contributed by atoms with Crippen LogP contribution >= 0.6 is 11.8 Å². The van der Waals surface area contributed by atoms with E-state index in [0.29, 0.717) is 32.6 Å². The zero-order valence-corrected chi connectivity index (χ0v) is 16.8. The Balaban J connectivity index is 1.62. The van der Waals surface area contributed by atoms with Crippen molar-refractivity contribution in [3.8, 4) is 5.69 Å². The second-order valence-corrected chi connectivity index (χ2v) is 7.63. The van der Waals surface area contributed by atoms with Gasteiger partial charge in [0.25, 0.3) is 11.1 Å². The smallest absolute Gasteiger partial charge is 0.268 e. The van der Waals surface area contributed by atoms with Gasteiger partial charge in [0, 0.05) is 0 Å². The van der Waals surface area contributed by atoms with Crippen LogP contribution in [0.4, 0.5) is 4.39 Å². The summed E-state index contributed by atoms with van der Waals surface area (Å²) in [5, 5.41) is 9.33. The topological polar surface area (TPSA) is 82.7 Å². The van der Waals surface area contributed by atoms with Gasteiger partial charge >= 0.3 is 0 Å². The van der Waals surface area contributed by atoms with E-state index in [9.17, 15) is 14.0 Å². The summed E-state index contributed by atoms with van der Waals surface area (Å²) in [6.07, 6.45) is 0. The summed E-state index contributed by atoms with van der Waals surface area (Å²) < 4.78 is 16.1. The van der Waals surface area contributed by atoms with Crippen LogP contribution in [0.3, 0.4) is 0 Å². The third kappa shape index (κ3) is 3.49. The Morgan fingerprint density at radius 3 is 2.19 bits per heavy atom. The van der Waals surface area contributed by atoms with Crippen molar-refractivity contribution in [1.82, 2.24) is 24.5 Å². The maximum atomic E-state index is 13.4. The predicted molar refractivity (Wildman–Crippen MR) is 117 cm³/mol. The molecule has 3 aromatic carbocycles. The molecule has 0 unspecified atom stereocenters. The number of para-hydroxylation sites is 1. The summed E-state index contributed by atoms with van der Waals surface area (Å²) in [7, 11) is 0. The number of halogens is 1. The normalized spacial score (nSPS) is 11.3. The van der Waals surface area contributed by atoms with Gasteiger partial charge in [0.15, 0.2) is 5.16 Å². The fraction of sp³-hybridized carbons (Fsp3) is 0.0455. The van der Waals surface area contributed by atoms with Gasteiger partial charge in [-0.2, -0.15) is 4.68 Å². The summed E-state index contributed by atoms with van der Waals surface area (Å²) in [6, 6.07) is 19.6. The highest BCUT2D eigenvalue weighted by atomic mass is 32.2. The van der Waals surface area contributed by atoms with E-state index in [4.69, 9.17) is 0 Å². The van der Waals surface area contributed by atoms with Gasteiger partial charge in [0.05, 0.1) is 27.9 Å². The van der Waals surface area contributed by atoms with Crippen molar-refractivity contribution in [2.75, 3.05) is 0 Å². The minimum atomic E-state index is -0.405. The van der Waals surface area contributed by atoms with Gasteiger partial charge in [0.2, 0.25) is 0 Å². The van der Waals surface area contributed by atoms with Crippen molar-refractivity contribution < 1.29 is 4.39 Å². The van der Waals surface area contributed by atoms with Crippen LogP contribution < -0.4 is 11.1 Å². The largest absolute Gasteiger partial charge is 0.278 e. The molecule has 2 aromatic heterocycles. The van der Waals surface area contributed by atoms with Crippen LogP contribution in [0.1, 0.15) is 0 Å². The quantitative estimate of drug-likeness (QED) is 0.321. The van der Waals surface area contributed by atoms with E-state index in [2.05, 4.69) is 15.3 Å². The summed E-state index contributed by atoms with van der Waals surface area (Å²) in [4.78, 5) is 30.6. The molecule has 0 spiro atoms. The van der Waals surface area contributed by atoms with Crippen molar-refractivity contribution in [1.29, 1.82) is 0 Å². The number of hydrogen-bond donors (Lipinski definition) is 0. The van der Waals surface area contributed by atoms with Gasteiger partial charge in [-0.1, -0.05) is 41.2 Å². The van der Waals surface area contributed by atoms with Crippen LogP contribution in [-0.2, 0) is 5.88 Å². The van der Waals surface area contributed by atoms with E-state index in [0.717, 1.165) is 0 Å². The molecule has 0 radical (unpaired) electrons. The molecule has 2 heterocycles. The van der Waals surface area contributed by atoms with Gasteiger partial charge < -0.3 is 0 Å². The predicted octanol–water partition coefficient (Wildman–Crippen LogP) is 3.38. The molecule has 0 aliphatic heterocycles. The fourth-order valence-corrected chi connectivity index (χ4v) is 4.14. The first-order valence-corrected chi connectivity index (χ1v) is 10.3. The second-order valence-electron chi connectivity index (χ2n) is 6.71. The Morgan fingerprint density at radius 2 is 1.45 bits per heavy atom. The third-order valence-electron chi connectivity index (χ3n) is 4.78. The molecule has 0 atom stereocenters. The molecule has 0 N–H and O–H groups in total. The Labute approximate surface area is 178 Å². The molecule has 0 amide bonds. The van der Waals surface area contributed by atoms with Crippen LogP contribution in [0, 0.1) is 5.82 Å². The van der Waals surface area contributed by atoms with Crippen LogP contribution in [0.15, 0.2) is 87.5 Å². The lowest BCUT2D eigenvalue weighted by molar-refractivity contribution is 0.626. The Hall–Kier alpha value is -3.85. The molecule has 0 fully saturated rings. The minimum absolute atomic E-state index is 0.0998. The molecule has 0 aliphatic carbocycles. The van der Waals surface area contributed by atoms with Crippen LogP contribution in [0.25, 0.3) is 27.5 Å². The van der Waals surface area contributed by atoms with Crippen molar-refractivity contribution >= 4 is 33.6 Å². The first-order valence-electron chi connectivity index (χ1n) is 9.35. The molecule has 5 aromatic rings. The standard InChI is InChI=1S/C22H14FN5O2S/c23-14-9-11-15(12-10-14)28-21(30)16-5-1-3-7-18(16)24-22(28)31-13-27-20(29)17-6-2-4-8-19(17)25-26-27/h1-12H,13H2. The zero-order chi connectivity index (χ0) is 21.4. The van der Waals surface area contributed by atoms with Gasteiger partial charge in [0.1, 0.15) is 11.3 Å². The number of aromatic nitrogens is 5. The van der Waals surface area contributed by atoms with E-state index in [1.54, 1.807) is 48.5 Å². The molecule has 0 aliphatic rings. The maximum absolute atomic E-state index is 13.4. The highest BCUT2D eigenvalue weighted by molar-refractivity contribution is 7.98. The van der Waals surface area contributed by atoms with E-state index in [1.165, 1.54) is 45.3 Å². The number of benzene rings is 3. The zero-order valence-electron chi connectivity index (χ0n) is 16.0. The fourth-order valence-electron chi connectivity index (χ4n) is 3.25. The lowest BCUT2D eigenvalue weighted by Crippen LogP contribution is -2.25. The third-order valence-corrected chi connectivity index (χ3v) is 5.68. The molecular formula is C22H14FN5O2S. The number of fused-ring (bicyclic) bond motifs is 2. The van der Waals surface area contributed by atoms with Crippen LogP contribution in [0.2, 0.25) is 0 Å². The van der Waals surface area contributed by atoms with Crippen molar-refractivity contribution in [3.63, 3.8) is 0 Å². The van der Waals surface area contributed by atoms with Crippen LogP contribution in [-0.4, -0.2) is 24.5 Å². The Kier molecular flexibility index (Phi) is 4.79. The monoisotopic (exact) mass is 431 g/mol. The van der Waals surface area contributed by atoms with Crippen LogP contribution in [0.5, 0.6) is 0 Å². The summed E-state index contributed by atoms with van der Waals surface area (Å²) in [5.41, 5.74) is 0.960. The summed E-state index contributed by atoms with van der Waals surface area (Å²) in [5.74, 6) is -0.305. The van der Waals surface area contributed by atoms with E-state index in [-0.39, 0.29) is 17.0 Å². The summed E-state index contributed by atoms with van der Waals surface area (Å²) in [6.45, 7) is 0. The van der Waals surface area contributed by atoms with E-state index >= 15 is 0 Å². The van der Waals surface area contributed by atoms with E-state index in [1.807, 2.05) is 0 Å². The SMILES string of the molecule is O=c1c2ccccc2nnn1CSc1nc2ccccc2c(=O)n1-c1ccc(F)cc1. The van der Waals surface area contributed by atoms with Gasteiger partial charge in [-0.15, -0.1) is 5.10 Å². The molecule has 9 heteroatoms. The number of rotatable bonds is 4. The second kappa shape index (κ2) is 7.77. The number of hydrogen-bond acceptors (Lipinski definition) is 6. The lowest BCUT2D eigenvalue weighted by atomic mass is 10.2. The maximum Gasteiger partial charge on any atom is 0.278 e. The van der Waals surface area contributed by atoms with Gasteiger partial charge in [-0.3, -0.25) is 14.2 Å². The number of nitrogens with zero attached hydrogens (tertiary/aromatic N) is 5. The molecule has 0 saturated heterocycles. The van der Waals surface area contributed by atoms with Gasteiger partial charge in [-0.25, -0.2) is 9.37 Å². The number of thioether (sulfide) groups is 1. The first-order chi connectivity index (χ1) is 15.1. The highest BCUT2D eigenvalue weighted by Gasteiger charge is 2.14. The molecule has 0 bridgehead atoms. The molecular weight excluding hydrogens is 417 g/mol. The van der Waals surface area contributed by atoms with Crippen molar-refractivity contribution in [2.24, 2.45) is 0 Å². The van der Waals surface area contributed by atoms with Gasteiger partial charge in [-0.05, 0) is 48.5 Å². The minimum Gasteiger partial charge on any atom is -0.268 e. The molecule has 7 nitrogen and oxygen atoms in total. The molecule has 5 rings (SSSR count). The Bertz CT molecular complexity index is 1550. The summed E-state index contributed by atoms with van der Waals surface area (Å²) >= 11 is 1.17. The van der Waals surface area contributed by atoms with Crippen molar-refractivity contribution in [3.05, 3.63) is 99.3 Å². The Morgan fingerprint density at radius 1 is 0.806 bits per heavy atom. The van der Waals surface area contributed by atoms with Crippen molar-refractivity contribution in [2.45, 2.75) is 11.0 Å². The highest BCUT2D eigenvalue weighted by Crippen LogP contribution is 2.22. The molecule has 152 valence electrons. The average Bonchev–Trinajstić information content (AvgIpc) is 2.80. The van der Waals surface area contributed by atoms with E-state index < -0.39 is 5.82 Å². The first kappa shape index (κ1) is 19.1. The average molecular weight is 431 g/mol. The lowest BCUT2D eigenvalue weighted by Gasteiger charge is -2.13.